The summed E-state index contributed by atoms with van der Waals surface area (Å²) in [6, 6.07) is 15.1. The number of rotatable bonds is 8. The van der Waals surface area contributed by atoms with Gasteiger partial charge in [0.05, 0.1) is 18.8 Å². The zero-order valence-electron chi connectivity index (χ0n) is 17.6. The summed E-state index contributed by atoms with van der Waals surface area (Å²) in [4.78, 5) is 23.4. The lowest BCUT2D eigenvalue weighted by atomic mass is 10.00. The Hall–Kier alpha value is -3.25. The number of hydrogen-bond donors (Lipinski definition) is 2. The second-order valence-corrected chi connectivity index (χ2v) is 7.61. The van der Waals surface area contributed by atoms with Crippen LogP contribution < -0.4 is 5.32 Å². The van der Waals surface area contributed by atoms with Gasteiger partial charge in [0.25, 0.3) is 5.91 Å². The molecule has 1 atom stereocenters. The first-order chi connectivity index (χ1) is 14.4. The first kappa shape index (κ1) is 21.5. The third-order valence-electron chi connectivity index (χ3n) is 5.28. The molecule has 0 aliphatic carbocycles. The molecule has 0 aliphatic rings. The third kappa shape index (κ3) is 5.02. The summed E-state index contributed by atoms with van der Waals surface area (Å²) in [6.07, 6.45) is 1.28. The predicted octanol–water partition coefficient (Wildman–Crippen LogP) is 3.46. The van der Waals surface area contributed by atoms with Crippen LogP contribution in [0.3, 0.4) is 0 Å². The summed E-state index contributed by atoms with van der Waals surface area (Å²) in [5, 5.41) is 16.8. The molecule has 0 saturated heterocycles. The van der Waals surface area contributed by atoms with E-state index in [1.54, 1.807) is 0 Å². The average Bonchev–Trinajstić information content (AvgIpc) is 3.00. The Morgan fingerprint density at radius 2 is 1.77 bits per heavy atom. The molecular formula is C24H27N3O3. The number of aromatic nitrogens is 2. The Morgan fingerprint density at radius 1 is 1.10 bits per heavy atom. The topological polar surface area (TPSA) is 84.2 Å². The molecule has 0 aliphatic heterocycles. The minimum absolute atomic E-state index is 0.139. The minimum Gasteiger partial charge on any atom is -0.396 e. The van der Waals surface area contributed by atoms with E-state index in [4.69, 9.17) is 0 Å². The van der Waals surface area contributed by atoms with Gasteiger partial charge in [-0.15, -0.1) is 0 Å². The van der Waals surface area contributed by atoms with E-state index in [0.29, 0.717) is 18.5 Å². The maximum atomic E-state index is 12.4. The van der Waals surface area contributed by atoms with Crippen LogP contribution in [-0.4, -0.2) is 33.7 Å². The molecule has 0 bridgehead atoms. The lowest BCUT2D eigenvalue weighted by molar-refractivity contribution is -0.112. The Kier molecular flexibility index (Phi) is 6.79. The third-order valence-corrected chi connectivity index (χ3v) is 5.28. The van der Waals surface area contributed by atoms with E-state index in [1.807, 2.05) is 74.0 Å². The summed E-state index contributed by atoms with van der Waals surface area (Å²) in [5.74, 6) is -0.545. The maximum Gasteiger partial charge on any atom is 0.255 e. The van der Waals surface area contributed by atoms with Gasteiger partial charge in [-0.3, -0.25) is 9.48 Å². The van der Waals surface area contributed by atoms with E-state index >= 15 is 0 Å². The summed E-state index contributed by atoms with van der Waals surface area (Å²) in [7, 11) is 0. The number of aliphatic hydroxyl groups is 1. The van der Waals surface area contributed by atoms with Crippen LogP contribution in [-0.2, 0) is 17.8 Å². The number of anilines is 1. The molecule has 0 radical (unpaired) electrons. The number of aldehydes is 1. The molecule has 1 heterocycles. The summed E-state index contributed by atoms with van der Waals surface area (Å²) in [5.41, 5.74) is 6.38. The van der Waals surface area contributed by atoms with Gasteiger partial charge in [0.2, 0.25) is 0 Å². The fourth-order valence-electron chi connectivity index (χ4n) is 3.38. The fourth-order valence-corrected chi connectivity index (χ4v) is 3.38. The van der Waals surface area contributed by atoms with Gasteiger partial charge in [0.1, 0.15) is 6.29 Å². The zero-order valence-corrected chi connectivity index (χ0v) is 17.6. The van der Waals surface area contributed by atoms with Crippen molar-refractivity contribution in [3.05, 3.63) is 82.2 Å². The van der Waals surface area contributed by atoms with Crippen LogP contribution in [0.1, 0.15) is 38.4 Å². The number of carbonyl (C=O) groups is 2. The molecule has 6 nitrogen and oxygen atoms in total. The van der Waals surface area contributed by atoms with Crippen molar-refractivity contribution >= 4 is 17.9 Å². The Morgan fingerprint density at radius 3 is 2.37 bits per heavy atom. The molecule has 1 unspecified atom stereocenters. The quantitative estimate of drug-likeness (QED) is 0.562. The van der Waals surface area contributed by atoms with Crippen LogP contribution in [0.5, 0.6) is 0 Å². The minimum atomic E-state index is -0.406. The van der Waals surface area contributed by atoms with E-state index in [0.717, 1.165) is 40.1 Å². The van der Waals surface area contributed by atoms with Crippen molar-refractivity contribution in [3.63, 3.8) is 0 Å². The Labute approximate surface area is 176 Å². The number of nitrogens with one attached hydrogen (secondary N) is 1. The van der Waals surface area contributed by atoms with E-state index < -0.39 is 5.92 Å². The van der Waals surface area contributed by atoms with Crippen LogP contribution >= 0.6 is 0 Å². The molecule has 3 rings (SSSR count). The highest BCUT2D eigenvalue weighted by Crippen LogP contribution is 2.19. The van der Waals surface area contributed by atoms with Crippen LogP contribution in [0.2, 0.25) is 0 Å². The number of hydrogen-bond acceptors (Lipinski definition) is 4. The van der Waals surface area contributed by atoms with E-state index in [1.165, 1.54) is 0 Å². The summed E-state index contributed by atoms with van der Waals surface area (Å²) >= 11 is 0. The van der Waals surface area contributed by atoms with Gasteiger partial charge >= 0.3 is 0 Å². The number of nitrogens with zero attached hydrogens (tertiary/aromatic N) is 2. The van der Waals surface area contributed by atoms with Crippen LogP contribution in [0, 0.1) is 26.7 Å². The largest absolute Gasteiger partial charge is 0.396 e. The highest BCUT2D eigenvalue weighted by atomic mass is 16.3. The van der Waals surface area contributed by atoms with Crippen molar-refractivity contribution in [2.75, 3.05) is 11.9 Å². The average molecular weight is 405 g/mol. The molecule has 30 heavy (non-hydrogen) atoms. The van der Waals surface area contributed by atoms with Crippen molar-refractivity contribution in [2.24, 2.45) is 5.92 Å². The van der Waals surface area contributed by atoms with Gasteiger partial charge < -0.3 is 15.2 Å². The summed E-state index contributed by atoms with van der Waals surface area (Å²) < 4.78 is 1.91. The van der Waals surface area contributed by atoms with Crippen molar-refractivity contribution in [1.82, 2.24) is 9.78 Å². The molecule has 1 aromatic heterocycles. The SMILES string of the molecule is Cc1ccc(C(=O)Nc2ccc(Cn3nc(C)c(CC(C=O)CO)c3C)cc2)cc1. The second kappa shape index (κ2) is 9.50. The molecule has 2 N–H and O–H groups in total. The number of aliphatic hydroxyl groups excluding tert-OH is 1. The Bertz CT molecular complexity index is 1020. The van der Waals surface area contributed by atoms with Gasteiger partial charge in [0.15, 0.2) is 0 Å². The van der Waals surface area contributed by atoms with E-state index in [2.05, 4.69) is 10.4 Å². The van der Waals surface area contributed by atoms with Gasteiger partial charge in [0, 0.05) is 22.9 Å². The molecule has 1 amide bonds. The van der Waals surface area contributed by atoms with E-state index in [9.17, 15) is 14.7 Å². The first-order valence-electron chi connectivity index (χ1n) is 9.97. The van der Waals surface area contributed by atoms with Crippen molar-refractivity contribution in [2.45, 2.75) is 33.7 Å². The zero-order chi connectivity index (χ0) is 21.7. The molecule has 6 heteroatoms. The molecule has 3 aromatic rings. The van der Waals surface area contributed by atoms with Gasteiger partial charge in [-0.25, -0.2) is 0 Å². The monoisotopic (exact) mass is 405 g/mol. The normalized spacial score (nSPS) is 11.9. The smallest absolute Gasteiger partial charge is 0.255 e. The highest BCUT2D eigenvalue weighted by molar-refractivity contribution is 6.04. The van der Waals surface area contributed by atoms with Crippen molar-refractivity contribution < 1.29 is 14.7 Å². The molecular weight excluding hydrogens is 378 g/mol. The van der Waals surface area contributed by atoms with Gasteiger partial charge in [-0.05, 0) is 62.6 Å². The standard InChI is InChI=1S/C24H27N3O3/c1-16-4-8-21(9-5-16)24(30)25-22-10-6-19(7-11-22)13-27-18(3)23(17(2)26-27)12-20(14-28)15-29/h4-11,14,20,29H,12-13,15H2,1-3H3,(H,25,30). The van der Waals surface area contributed by atoms with E-state index in [-0.39, 0.29) is 12.5 Å². The Balaban J connectivity index is 1.68. The molecule has 156 valence electrons. The lowest BCUT2D eigenvalue weighted by Crippen LogP contribution is -2.12. The van der Waals surface area contributed by atoms with Crippen LogP contribution in [0.25, 0.3) is 0 Å². The van der Waals surface area contributed by atoms with Crippen LogP contribution in [0.15, 0.2) is 48.5 Å². The molecule has 0 fully saturated rings. The first-order valence-corrected chi connectivity index (χ1v) is 9.97. The lowest BCUT2D eigenvalue weighted by Gasteiger charge is -2.09. The number of benzene rings is 2. The van der Waals surface area contributed by atoms with Crippen LogP contribution in [0.4, 0.5) is 5.69 Å². The van der Waals surface area contributed by atoms with Gasteiger partial charge in [-0.1, -0.05) is 29.8 Å². The fraction of sp³-hybridized carbons (Fsp3) is 0.292. The van der Waals surface area contributed by atoms with Crippen molar-refractivity contribution in [3.8, 4) is 0 Å². The number of carbonyl (C=O) groups excluding carboxylic acids is 2. The number of aryl methyl sites for hydroxylation is 2. The summed E-state index contributed by atoms with van der Waals surface area (Å²) in [6.45, 7) is 6.30. The predicted molar refractivity (Wildman–Crippen MR) is 117 cm³/mol. The molecule has 2 aromatic carbocycles. The maximum absolute atomic E-state index is 12.4. The molecule has 0 spiro atoms. The number of amides is 1. The molecule has 0 saturated carbocycles. The van der Waals surface area contributed by atoms with Gasteiger partial charge in [-0.2, -0.15) is 5.10 Å². The van der Waals surface area contributed by atoms with Crippen molar-refractivity contribution in [1.29, 1.82) is 0 Å². The second-order valence-electron chi connectivity index (χ2n) is 7.61. The highest BCUT2D eigenvalue weighted by Gasteiger charge is 2.16.